The minimum absolute atomic E-state index is 0.0746. The number of hydrogen-bond acceptors (Lipinski definition) is 2. The van der Waals surface area contributed by atoms with Gasteiger partial charge in [-0.3, -0.25) is 4.79 Å². The average molecular weight is 168 g/mol. The van der Waals surface area contributed by atoms with Crippen molar-refractivity contribution in [3.8, 4) is 0 Å². The van der Waals surface area contributed by atoms with Crippen LogP contribution in [-0.2, 0) is 4.79 Å². The van der Waals surface area contributed by atoms with E-state index in [4.69, 9.17) is 0 Å². The quantitative estimate of drug-likeness (QED) is 0.621. The Balaban J connectivity index is 1.84. The zero-order valence-electron chi connectivity index (χ0n) is 7.47. The third-order valence-electron chi connectivity index (χ3n) is 2.74. The first-order valence-electron chi connectivity index (χ1n) is 4.81. The fourth-order valence-electron chi connectivity index (χ4n) is 1.70. The van der Waals surface area contributed by atoms with Gasteiger partial charge in [-0.25, -0.2) is 0 Å². The molecule has 0 radical (unpaired) electrons. The number of carbonyl (C=O) groups excluding carboxylic acids is 1. The van der Waals surface area contributed by atoms with Crippen LogP contribution in [0.15, 0.2) is 0 Å². The molecule has 0 bridgehead atoms. The molecule has 68 valence electrons. The summed E-state index contributed by atoms with van der Waals surface area (Å²) < 4.78 is 0. The summed E-state index contributed by atoms with van der Waals surface area (Å²) in [5, 5.41) is 6.25. The maximum atomic E-state index is 11.5. The van der Waals surface area contributed by atoms with E-state index in [1.165, 1.54) is 12.8 Å². The third kappa shape index (κ3) is 1.61. The van der Waals surface area contributed by atoms with E-state index >= 15 is 0 Å². The molecule has 1 saturated heterocycles. The standard InChI is InChI=1S/C9H16N2O/c1-6-4-5-10-8(6)9(12)11-7-2-3-7/h6-8,10H,2-5H2,1H3,(H,11,12). The van der Waals surface area contributed by atoms with Gasteiger partial charge in [0, 0.05) is 6.04 Å². The Labute approximate surface area is 72.9 Å². The number of nitrogens with one attached hydrogen (secondary N) is 2. The minimum atomic E-state index is 0.0746. The van der Waals surface area contributed by atoms with E-state index in [9.17, 15) is 4.79 Å². The zero-order chi connectivity index (χ0) is 8.55. The number of amides is 1. The second-order valence-electron chi connectivity index (χ2n) is 3.98. The fourth-order valence-corrected chi connectivity index (χ4v) is 1.70. The molecule has 1 amide bonds. The second-order valence-corrected chi connectivity index (χ2v) is 3.98. The molecule has 1 aliphatic heterocycles. The van der Waals surface area contributed by atoms with Crippen LogP contribution in [0.2, 0.25) is 0 Å². The van der Waals surface area contributed by atoms with Crippen molar-refractivity contribution in [2.75, 3.05) is 6.54 Å². The molecule has 12 heavy (non-hydrogen) atoms. The van der Waals surface area contributed by atoms with Gasteiger partial charge in [0.05, 0.1) is 6.04 Å². The lowest BCUT2D eigenvalue weighted by atomic mass is 10.0. The van der Waals surface area contributed by atoms with E-state index in [0.29, 0.717) is 12.0 Å². The van der Waals surface area contributed by atoms with Gasteiger partial charge in [0.25, 0.3) is 0 Å². The first-order valence-corrected chi connectivity index (χ1v) is 4.81. The summed E-state index contributed by atoms with van der Waals surface area (Å²) in [6.07, 6.45) is 3.47. The molecule has 2 atom stereocenters. The van der Waals surface area contributed by atoms with Crippen LogP contribution in [0.3, 0.4) is 0 Å². The van der Waals surface area contributed by atoms with Gasteiger partial charge in [-0.2, -0.15) is 0 Å². The molecule has 2 unspecified atom stereocenters. The van der Waals surface area contributed by atoms with E-state index < -0.39 is 0 Å². The molecule has 2 fully saturated rings. The van der Waals surface area contributed by atoms with E-state index in [1.54, 1.807) is 0 Å². The Morgan fingerprint density at radius 2 is 2.17 bits per heavy atom. The van der Waals surface area contributed by atoms with Gasteiger partial charge in [0.1, 0.15) is 0 Å². The maximum Gasteiger partial charge on any atom is 0.237 e. The van der Waals surface area contributed by atoms with Crippen molar-refractivity contribution in [2.24, 2.45) is 5.92 Å². The van der Waals surface area contributed by atoms with Crippen molar-refractivity contribution in [3.05, 3.63) is 0 Å². The maximum absolute atomic E-state index is 11.5. The van der Waals surface area contributed by atoms with Crippen LogP contribution < -0.4 is 10.6 Å². The molecular formula is C9H16N2O. The smallest absolute Gasteiger partial charge is 0.237 e. The predicted molar refractivity (Wildman–Crippen MR) is 46.7 cm³/mol. The molecule has 0 spiro atoms. The summed E-state index contributed by atoms with van der Waals surface area (Å²) in [5.74, 6) is 0.714. The Morgan fingerprint density at radius 3 is 2.67 bits per heavy atom. The van der Waals surface area contributed by atoms with Gasteiger partial charge in [0.15, 0.2) is 0 Å². The number of carbonyl (C=O) groups is 1. The van der Waals surface area contributed by atoms with Gasteiger partial charge in [0.2, 0.25) is 5.91 Å². The molecule has 3 heteroatoms. The van der Waals surface area contributed by atoms with Crippen LogP contribution in [-0.4, -0.2) is 24.5 Å². The summed E-state index contributed by atoms with van der Waals surface area (Å²) in [5.41, 5.74) is 0. The van der Waals surface area contributed by atoms with Crippen molar-refractivity contribution >= 4 is 5.91 Å². The first kappa shape index (κ1) is 8.05. The van der Waals surface area contributed by atoms with E-state index in [-0.39, 0.29) is 11.9 Å². The molecule has 2 aliphatic rings. The summed E-state index contributed by atoms with van der Waals surface area (Å²) in [7, 11) is 0. The Morgan fingerprint density at radius 1 is 1.42 bits per heavy atom. The molecular weight excluding hydrogens is 152 g/mol. The minimum Gasteiger partial charge on any atom is -0.352 e. The van der Waals surface area contributed by atoms with Crippen LogP contribution in [0.4, 0.5) is 0 Å². The van der Waals surface area contributed by atoms with Crippen molar-refractivity contribution in [1.29, 1.82) is 0 Å². The molecule has 1 heterocycles. The van der Waals surface area contributed by atoms with Crippen LogP contribution in [0.5, 0.6) is 0 Å². The van der Waals surface area contributed by atoms with E-state index in [2.05, 4.69) is 17.6 Å². The lowest BCUT2D eigenvalue weighted by molar-refractivity contribution is -0.123. The molecule has 0 aromatic carbocycles. The number of hydrogen-bond donors (Lipinski definition) is 2. The lowest BCUT2D eigenvalue weighted by Crippen LogP contribution is -2.44. The predicted octanol–water partition coefficient (Wildman–Crippen LogP) is 0.263. The van der Waals surface area contributed by atoms with Crippen molar-refractivity contribution in [3.63, 3.8) is 0 Å². The molecule has 2 rings (SSSR count). The van der Waals surface area contributed by atoms with Gasteiger partial charge >= 0.3 is 0 Å². The largest absolute Gasteiger partial charge is 0.352 e. The molecule has 2 N–H and O–H groups in total. The van der Waals surface area contributed by atoms with Crippen molar-refractivity contribution in [2.45, 2.75) is 38.3 Å². The highest BCUT2D eigenvalue weighted by Gasteiger charge is 2.32. The highest BCUT2D eigenvalue weighted by atomic mass is 16.2. The summed E-state index contributed by atoms with van der Waals surface area (Å²) in [4.78, 5) is 11.5. The summed E-state index contributed by atoms with van der Waals surface area (Å²) in [6.45, 7) is 3.13. The van der Waals surface area contributed by atoms with Gasteiger partial charge in [-0.15, -0.1) is 0 Å². The van der Waals surface area contributed by atoms with E-state index in [1.807, 2.05) is 0 Å². The molecule has 3 nitrogen and oxygen atoms in total. The van der Waals surface area contributed by atoms with Crippen molar-refractivity contribution < 1.29 is 4.79 Å². The fraction of sp³-hybridized carbons (Fsp3) is 0.889. The zero-order valence-corrected chi connectivity index (χ0v) is 7.47. The van der Waals surface area contributed by atoms with Crippen molar-refractivity contribution in [1.82, 2.24) is 10.6 Å². The average Bonchev–Trinajstić information content (AvgIpc) is 2.72. The summed E-state index contributed by atoms with van der Waals surface area (Å²) >= 11 is 0. The van der Waals surface area contributed by atoms with Crippen LogP contribution in [0.1, 0.15) is 26.2 Å². The molecule has 1 aliphatic carbocycles. The van der Waals surface area contributed by atoms with Gasteiger partial charge in [-0.05, 0) is 31.7 Å². The monoisotopic (exact) mass is 168 g/mol. The van der Waals surface area contributed by atoms with Crippen LogP contribution >= 0.6 is 0 Å². The second kappa shape index (κ2) is 3.05. The first-order chi connectivity index (χ1) is 5.77. The Hall–Kier alpha value is -0.570. The highest BCUT2D eigenvalue weighted by Crippen LogP contribution is 2.20. The number of rotatable bonds is 2. The normalized spacial score (nSPS) is 35.1. The van der Waals surface area contributed by atoms with Gasteiger partial charge < -0.3 is 10.6 Å². The summed E-state index contributed by atoms with van der Waals surface area (Å²) in [6, 6.07) is 0.567. The SMILES string of the molecule is CC1CCNC1C(=O)NC1CC1. The molecule has 1 saturated carbocycles. The van der Waals surface area contributed by atoms with E-state index in [0.717, 1.165) is 13.0 Å². The Kier molecular flexibility index (Phi) is 2.05. The van der Waals surface area contributed by atoms with Crippen LogP contribution in [0, 0.1) is 5.92 Å². The van der Waals surface area contributed by atoms with Gasteiger partial charge in [-0.1, -0.05) is 6.92 Å². The lowest BCUT2D eigenvalue weighted by Gasteiger charge is -2.14. The molecule has 0 aromatic heterocycles. The highest BCUT2D eigenvalue weighted by molar-refractivity contribution is 5.82. The third-order valence-corrected chi connectivity index (χ3v) is 2.74. The Bertz CT molecular complexity index is 189. The topological polar surface area (TPSA) is 41.1 Å². The molecule has 0 aromatic rings. The van der Waals surface area contributed by atoms with Crippen LogP contribution in [0.25, 0.3) is 0 Å².